The second-order valence-corrected chi connectivity index (χ2v) is 7.23. The van der Waals surface area contributed by atoms with Gasteiger partial charge in [-0.2, -0.15) is 0 Å². The first kappa shape index (κ1) is 16.9. The Labute approximate surface area is 159 Å². The lowest BCUT2D eigenvalue weighted by Gasteiger charge is -2.01. The molecule has 0 amide bonds. The highest BCUT2D eigenvalue weighted by Crippen LogP contribution is 2.18. The Morgan fingerprint density at radius 1 is 0.458 bits per heavy atom. The zero-order valence-electron chi connectivity index (χ0n) is 13.0. The summed E-state index contributed by atoms with van der Waals surface area (Å²) in [5, 5.41) is 0. The summed E-state index contributed by atoms with van der Waals surface area (Å²) in [6.45, 7) is 0. The van der Waals surface area contributed by atoms with Crippen molar-refractivity contribution in [2.45, 2.75) is 0 Å². The van der Waals surface area contributed by atoms with Crippen LogP contribution in [-0.4, -0.2) is 0 Å². The molecule has 0 fully saturated rings. The highest BCUT2D eigenvalue weighted by Gasteiger charge is 1.96. The molecule has 2 heteroatoms. The molecule has 0 nitrogen and oxygen atoms in total. The van der Waals surface area contributed by atoms with Crippen LogP contribution >= 0.6 is 31.9 Å². The number of hydrogen-bond acceptors (Lipinski definition) is 0. The Morgan fingerprint density at radius 3 is 1.21 bits per heavy atom. The quantitative estimate of drug-likeness (QED) is 0.368. The van der Waals surface area contributed by atoms with Crippen molar-refractivity contribution in [2.24, 2.45) is 0 Å². The Bertz CT molecular complexity index is 783. The van der Waals surface area contributed by atoms with Gasteiger partial charge in [0.1, 0.15) is 0 Å². The molecule has 0 aliphatic carbocycles. The molecule has 118 valence electrons. The number of halogens is 2. The molecule has 0 bridgehead atoms. The number of benzene rings is 3. The van der Waals surface area contributed by atoms with Gasteiger partial charge in [0, 0.05) is 8.95 Å². The van der Waals surface area contributed by atoms with Crippen LogP contribution in [0.1, 0.15) is 22.3 Å². The summed E-state index contributed by atoms with van der Waals surface area (Å²) in [4.78, 5) is 0. The highest BCUT2D eigenvalue weighted by molar-refractivity contribution is 9.10. The van der Waals surface area contributed by atoms with Gasteiger partial charge in [-0.25, -0.2) is 0 Å². The third-order valence-electron chi connectivity index (χ3n) is 3.65. The molecule has 0 spiro atoms. The molecule has 3 aromatic rings. The lowest BCUT2D eigenvalue weighted by Crippen LogP contribution is -1.80. The maximum absolute atomic E-state index is 3.46. The van der Waals surface area contributed by atoms with Crippen LogP contribution in [-0.2, 0) is 0 Å². The second-order valence-electron chi connectivity index (χ2n) is 5.40. The monoisotopic (exact) mass is 438 g/mol. The molecule has 24 heavy (non-hydrogen) atoms. The minimum absolute atomic E-state index is 1.09. The van der Waals surface area contributed by atoms with Gasteiger partial charge in [-0.1, -0.05) is 105 Å². The molecular weight excluding hydrogens is 424 g/mol. The standard InChI is InChI=1S/C22H16Br2/c23-21-13-7-17(8-14-21)5-11-19-3-1-2-4-20(19)12-6-18-9-15-22(24)16-10-18/h1-16H. The molecule has 0 aliphatic heterocycles. The molecule has 0 saturated heterocycles. The summed E-state index contributed by atoms with van der Waals surface area (Å²) in [6.07, 6.45) is 8.59. The highest BCUT2D eigenvalue weighted by atomic mass is 79.9. The summed E-state index contributed by atoms with van der Waals surface area (Å²) in [5.74, 6) is 0. The molecule has 0 saturated carbocycles. The maximum atomic E-state index is 3.46. The molecule has 0 atom stereocenters. The van der Waals surface area contributed by atoms with Crippen LogP contribution in [0.15, 0.2) is 81.7 Å². The maximum Gasteiger partial charge on any atom is 0.0175 e. The first-order chi connectivity index (χ1) is 11.7. The summed E-state index contributed by atoms with van der Waals surface area (Å²) in [5.41, 5.74) is 4.78. The summed E-state index contributed by atoms with van der Waals surface area (Å²) in [7, 11) is 0. The average molecular weight is 440 g/mol. The van der Waals surface area contributed by atoms with Gasteiger partial charge >= 0.3 is 0 Å². The van der Waals surface area contributed by atoms with Crippen molar-refractivity contribution in [3.8, 4) is 0 Å². The average Bonchev–Trinajstić information content (AvgIpc) is 2.61. The van der Waals surface area contributed by atoms with Gasteiger partial charge in [0.05, 0.1) is 0 Å². The van der Waals surface area contributed by atoms with Crippen LogP contribution in [0.5, 0.6) is 0 Å². The molecular formula is C22H16Br2. The van der Waals surface area contributed by atoms with Gasteiger partial charge in [0.2, 0.25) is 0 Å². The van der Waals surface area contributed by atoms with Crippen molar-refractivity contribution in [3.05, 3.63) is 104 Å². The van der Waals surface area contributed by atoms with Crippen LogP contribution in [0, 0.1) is 0 Å². The SMILES string of the molecule is Brc1ccc(C=Cc2ccccc2C=Cc2ccc(Br)cc2)cc1. The molecule has 0 N–H and O–H groups in total. The van der Waals surface area contributed by atoms with E-state index in [1.165, 1.54) is 22.3 Å². The van der Waals surface area contributed by atoms with E-state index in [1.807, 2.05) is 0 Å². The molecule has 0 radical (unpaired) electrons. The van der Waals surface area contributed by atoms with Crippen LogP contribution < -0.4 is 0 Å². The first-order valence-electron chi connectivity index (χ1n) is 7.67. The normalized spacial score (nSPS) is 11.4. The Kier molecular flexibility index (Phi) is 5.84. The van der Waals surface area contributed by atoms with Crippen molar-refractivity contribution in [1.29, 1.82) is 0 Å². The summed E-state index contributed by atoms with van der Waals surface area (Å²) in [6, 6.07) is 25.0. The fraction of sp³-hybridized carbons (Fsp3) is 0. The lowest BCUT2D eigenvalue weighted by molar-refractivity contribution is 1.59. The van der Waals surface area contributed by atoms with Crippen molar-refractivity contribution >= 4 is 56.2 Å². The smallest absolute Gasteiger partial charge is 0.0175 e. The van der Waals surface area contributed by atoms with Crippen LogP contribution in [0.3, 0.4) is 0 Å². The van der Waals surface area contributed by atoms with E-state index in [-0.39, 0.29) is 0 Å². The van der Waals surface area contributed by atoms with Crippen molar-refractivity contribution < 1.29 is 0 Å². The fourth-order valence-electron chi connectivity index (χ4n) is 2.33. The van der Waals surface area contributed by atoms with E-state index >= 15 is 0 Å². The van der Waals surface area contributed by atoms with Gasteiger partial charge in [0.25, 0.3) is 0 Å². The Hall–Kier alpha value is -1.90. The van der Waals surface area contributed by atoms with Crippen molar-refractivity contribution in [2.75, 3.05) is 0 Å². The minimum Gasteiger partial charge on any atom is -0.0616 e. The van der Waals surface area contributed by atoms with Gasteiger partial charge in [-0.05, 0) is 46.5 Å². The van der Waals surface area contributed by atoms with Crippen LogP contribution in [0.4, 0.5) is 0 Å². The van der Waals surface area contributed by atoms with Crippen LogP contribution in [0.25, 0.3) is 24.3 Å². The molecule has 0 unspecified atom stereocenters. The van der Waals surface area contributed by atoms with E-state index in [0.717, 1.165) is 8.95 Å². The third kappa shape index (κ3) is 4.80. The first-order valence-corrected chi connectivity index (χ1v) is 9.26. The molecule has 0 aliphatic rings. The topological polar surface area (TPSA) is 0 Å². The molecule has 3 aromatic carbocycles. The second kappa shape index (κ2) is 8.27. The summed E-state index contributed by atoms with van der Waals surface area (Å²) < 4.78 is 2.19. The minimum atomic E-state index is 1.09. The van der Waals surface area contributed by atoms with E-state index in [9.17, 15) is 0 Å². The molecule has 0 heterocycles. The Morgan fingerprint density at radius 2 is 0.833 bits per heavy atom. The third-order valence-corrected chi connectivity index (χ3v) is 4.70. The zero-order chi connectivity index (χ0) is 16.8. The van der Waals surface area contributed by atoms with Gasteiger partial charge < -0.3 is 0 Å². The van der Waals surface area contributed by atoms with Crippen LogP contribution in [0.2, 0.25) is 0 Å². The lowest BCUT2D eigenvalue weighted by atomic mass is 10.0. The van der Waals surface area contributed by atoms with E-state index in [1.54, 1.807) is 0 Å². The largest absolute Gasteiger partial charge is 0.0616 e. The number of hydrogen-bond donors (Lipinski definition) is 0. The van der Waals surface area contributed by atoms with Gasteiger partial charge in [0.15, 0.2) is 0 Å². The predicted octanol–water partition coefficient (Wildman–Crippen LogP) is 7.55. The van der Waals surface area contributed by atoms with E-state index in [2.05, 4.69) is 129 Å². The van der Waals surface area contributed by atoms with E-state index in [4.69, 9.17) is 0 Å². The van der Waals surface area contributed by atoms with Crippen molar-refractivity contribution in [1.82, 2.24) is 0 Å². The van der Waals surface area contributed by atoms with E-state index < -0.39 is 0 Å². The molecule has 3 rings (SSSR count). The predicted molar refractivity (Wildman–Crippen MR) is 113 cm³/mol. The Balaban J connectivity index is 1.82. The zero-order valence-corrected chi connectivity index (χ0v) is 16.2. The van der Waals surface area contributed by atoms with Crippen molar-refractivity contribution in [3.63, 3.8) is 0 Å². The summed E-state index contributed by atoms with van der Waals surface area (Å²) >= 11 is 6.93. The number of rotatable bonds is 4. The van der Waals surface area contributed by atoms with Gasteiger partial charge in [-0.15, -0.1) is 0 Å². The van der Waals surface area contributed by atoms with E-state index in [0.29, 0.717) is 0 Å². The van der Waals surface area contributed by atoms with Gasteiger partial charge in [-0.3, -0.25) is 0 Å². The fourth-order valence-corrected chi connectivity index (χ4v) is 2.86. The molecule has 0 aromatic heterocycles.